The number of hydrogen-bond donors (Lipinski definition) is 1. The highest BCUT2D eigenvalue weighted by Crippen LogP contribution is 2.21. The Morgan fingerprint density at radius 1 is 1.50 bits per heavy atom. The molecule has 0 amide bonds. The zero-order valence-corrected chi connectivity index (χ0v) is 13.5. The number of ether oxygens (including phenoxy) is 1. The summed E-state index contributed by atoms with van der Waals surface area (Å²) in [5, 5.41) is 4.61. The number of halogens is 1. The molecule has 1 saturated heterocycles. The lowest BCUT2D eigenvalue weighted by molar-refractivity contribution is 0.00971. The molecule has 0 saturated carbocycles. The van der Waals surface area contributed by atoms with Crippen LogP contribution in [0.1, 0.15) is 38.4 Å². The second-order valence-corrected chi connectivity index (χ2v) is 5.62. The van der Waals surface area contributed by atoms with Crippen LogP contribution in [0.2, 0.25) is 0 Å². The van der Waals surface area contributed by atoms with E-state index in [1.807, 2.05) is 4.68 Å². The molecule has 2 N–H and O–H groups in total. The first-order valence-electron chi connectivity index (χ1n) is 7.15. The molecule has 1 fully saturated rings. The molecule has 1 aromatic heterocycles. The molecule has 0 bridgehead atoms. The van der Waals surface area contributed by atoms with Crippen LogP contribution in [0.5, 0.6) is 0 Å². The third-order valence-electron chi connectivity index (χ3n) is 3.95. The summed E-state index contributed by atoms with van der Waals surface area (Å²) < 4.78 is 7.46. The molecule has 2 unspecified atom stereocenters. The first-order valence-corrected chi connectivity index (χ1v) is 7.15. The summed E-state index contributed by atoms with van der Waals surface area (Å²) in [7, 11) is 1.79. The van der Waals surface area contributed by atoms with Gasteiger partial charge in [0.25, 0.3) is 0 Å². The molecular weight excluding hydrogens is 276 g/mol. The van der Waals surface area contributed by atoms with Crippen molar-refractivity contribution in [2.75, 3.05) is 20.2 Å². The van der Waals surface area contributed by atoms with Crippen LogP contribution in [0, 0.1) is 0 Å². The standard InChI is InChI=1S/C14H26N4O.ClH/c1-11(2)18-7-4-12(16-18)10-17-6-5-14(19-3)8-13(17)9-15;/h4,7,11,13-14H,5-6,8-10,15H2,1-3H3;1H. The maximum atomic E-state index is 5.89. The van der Waals surface area contributed by atoms with Crippen molar-refractivity contribution in [2.24, 2.45) is 5.73 Å². The minimum Gasteiger partial charge on any atom is -0.381 e. The highest BCUT2D eigenvalue weighted by molar-refractivity contribution is 5.85. The number of methoxy groups -OCH3 is 1. The van der Waals surface area contributed by atoms with Gasteiger partial charge >= 0.3 is 0 Å². The number of likely N-dealkylation sites (tertiary alicyclic amines) is 1. The summed E-state index contributed by atoms with van der Waals surface area (Å²) in [6, 6.07) is 2.93. The van der Waals surface area contributed by atoms with Gasteiger partial charge in [-0.25, -0.2) is 0 Å². The SMILES string of the molecule is COC1CCN(Cc2ccn(C(C)C)n2)C(CN)C1.Cl. The van der Waals surface area contributed by atoms with E-state index in [2.05, 4.69) is 36.1 Å². The van der Waals surface area contributed by atoms with Crippen LogP contribution in [0.4, 0.5) is 0 Å². The van der Waals surface area contributed by atoms with Gasteiger partial charge in [-0.3, -0.25) is 9.58 Å². The Hall–Kier alpha value is -0.620. The molecule has 1 aromatic rings. The zero-order valence-electron chi connectivity index (χ0n) is 12.7. The molecule has 0 radical (unpaired) electrons. The van der Waals surface area contributed by atoms with E-state index in [4.69, 9.17) is 10.5 Å². The third kappa shape index (κ3) is 4.19. The number of hydrogen-bond acceptors (Lipinski definition) is 4. The van der Waals surface area contributed by atoms with Crippen molar-refractivity contribution < 1.29 is 4.74 Å². The van der Waals surface area contributed by atoms with Gasteiger partial charge in [0.15, 0.2) is 0 Å². The molecule has 0 aromatic carbocycles. The van der Waals surface area contributed by atoms with E-state index < -0.39 is 0 Å². The molecule has 2 heterocycles. The van der Waals surface area contributed by atoms with Crippen LogP contribution in [-0.2, 0) is 11.3 Å². The summed E-state index contributed by atoms with van der Waals surface area (Å²) in [5.41, 5.74) is 7.02. The zero-order chi connectivity index (χ0) is 13.8. The first kappa shape index (κ1) is 17.4. The van der Waals surface area contributed by atoms with Gasteiger partial charge in [0.2, 0.25) is 0 Å². The third-order valence-corrected chi connectivity index (χ3v) is 3.95. The molecule has 5 nitrogen and oxygen atoms in total. The Labute approximate surface area is 127 Å². The smallest absolute Gasteiger partial charge is 0.0765 e. The van der Waals surface area contributed by atoms with Crippen molar-refractivity contribution in [1.82, 2.24) is 14.7 Å². The highest BCUT2D eigenvalue weighted by Gasteiger charge is 2.27. The molecule has 2 atom stereocenters. The lowest BCUT2D eigenvalue weighted by Gasteiger charge is -2.38. The van der Waals surface area contributed by atoms with E-state index in [9.17, 15) is 0 Å². The lowest BCUT2D eigenvalue weighted by atomic mass is 9.99. The Kier molecular flexibility index (Phi) is 6.95. The Bertz CT molecular complexity index is 396. The van der Waals surface area contributed by atoms with Gasteiger partial charge in [0.1, 0.15) is 0 Å². The topological polar surface area (TPSA) is 56.3 Å². The Morgan fingerprint density at radius 2 is 2.25 bits per heavy atom. The van der Waals surface area contributed by atoms with E-state index in [1.54, 1.807) is 7.11 Å². The van der Waals surface area contributed by atoms with E-state index in [1.165, 1.54) is 0 Å². The second-order valence-electron chi connectivity index (χ2n) is 5.62. The van der Waals surface area contributed by atoms with Crippen LogP contribution >= 0.6 is 12.4 Å². The number of piperidine rings is 1. The van der Waals surface area contributed by atoms with Gasteiger partial charge in [-0.15, -0.1) is 12.4 Å². The largest absolute Gasteiger partial charge is 0.381 e. The fraction of sp³-hybridized carbons (Fsp3) is 0.786. The maximum Gasteiger partial charge on any atom is 0.0765 e. The van der Waals surface area contributed by atoms with E-state index in [-0.39, 0.29) is 12.4 Å². The van der Waals surface area contributed by atoms with Crippen molar-refractivity contribution in [1.29, 1.82) is 0 Å². The fourth-order valence-corrected chi connectivity index (χ4v) is 2.69. The van der Waals surface area contributed by atoms with Crippen molar-refractivity contribution in [3.8, 4) is 0 Å². The molecule has 0 aliphatic carbocycles. The summed E-state index contributed by atoms with van der Waals surface area (Å²) in [6.45, 7) is 6.89. The molecule has 20 heavy (non-hydrogen) atoms. The average Bonchev–Trinajstić information content (AvgIpc) is 2.88. The van der Waals surface area contributed by atoms with E-state index in [0.717, 1.165) is 31.6 Å². The van der Waals surface area contributed by atoms with Crippen LogP contribution < -0.4 is 5.73 Å². The number of nitrogens with zero attached hydrogens (tertiary/aromatic N) is 3. The van der Waals surface area contributed by atoms with Gasteiger partial charge in [-0.05, 0) is 32.8 Å². The van der Waals surface area contributed by atoms with Crippen LogP contribution in [0.25, 0.3) is 0 Å². The van der Waals surface area contributed by atoms with Crippen LogP contribution in [-0.4, -0.2) is 47.0 Å². The Balaban J connectivity index is 0.00000200. The first-order chi connectivity index (χ1) is 9.13. The van der Waals surface area contributed by atoms with Crippen molar-refractivity contribution in [2.45, 2.75) is 51.4 Å². The minimum atomic E-state index is 0. The van der Waals surface area contributed by atoms with Gasteiger partial charge in [0, 0.05) is 45.0 Å². The van der Waals surface area contributed by atoms with Gasteiger partial charge in [0.05, 0.1) is 11.8 Å². The predicted molar refractivity (Wildman–Crippen MR) is 83.1 cm³/mol. The van der Waals surface area contributed by atoms with Crippen molar-refractivity contribution >= 4 is 12.4 Å². The summed E-state index contributed by atoms with van der Waals surface area (Å²) in [4.78, 5) is 2.43. The number of rotatable bonds is 5. The highest BCUT2D eigenvalue weighted by atomic mass is 35.5. The minimum absolute atomic E-state index is 0. The number of nitrogens with two attached hydrogens (primary N) is 1. The molecule has 116 valence electrons. The molecule has 1 aliphatic heterocycles. The second kappa shape index (κ2) is 7.98. The lowest BCUT2D eigenvalue weighted by Crippen LogP contribution is -2.48. The summed E-state index contributed by atoms with van der Waals surface area (Å²) in [6.07, 6.45) is 4.52. The molecule has 6 heteroatoms. The average molecular weight is 303 g/mol. The number of aromatic nitrogens is 2. The maximum absolute atomic E-state index is 5.89. The van der Waals surface area contributed by atoms with E-state index >= 15 is 0 Å². The normalized spacial score (nSPS) is 23.9. The van der Waals surface area contributed by atoms with Gasteiger partial charge in [-0.2, -0.15) is 5.10 Å². The van der Waals surface area contributed by atoms with Crippen LogP contribution in [0.15, 0.2) is 12.3 Å². The predicted octanol–water partition coefficient (Wildman–Crippen LogP) is 1.82. The molecule has 1 aliphatic rings. The van der Waals surface area contributed by atoms with Gasteiger partial charge < -0.3 is 10.5 Å². The van der Waals surface area contributed by atoms with Gasteiger partial charge in [-0.1, -0.05) is 0 Å². The van der Waals surface area contributed by atoms with Crippen molar-refractivity contribution in [3.63, 3.8) is 0 Å². The summed E-state index contributed by atoms with van der Waals surface area (Å²) >= 11 is 0. The Morgan fingerprint density at radius 3 is 2.80 bits per heavy atom. The fourth-order valence-electron chi connectivity index (χ4n) is 2.69. The van der Waals surface area contributed by atoms with Crippen molar-refractivity contribution in [3.05, 3.63) is 18.0 Å². The monoisotopic (exact) mass is 302 g/mol. The summed E-state index contributed by atoms with van der Waals surface area (Å²) in [5.74, 6) is 0. The van der Waals surface area contributed by atoms with E-state index in [0.29, 0.717) is 24.7 Å². The quantitative estimate of drug-likeness (QED) is 0.901. The molecule has 0 spiro atoms. The molecular formula is C14H27ClN4O. The molecule has 2 rings (SSSR count). The van der Waals surface area contributed by atoms with Crippen LogP contribution in [0.3, 0.4) is 0 Å².